The maximum absolute atomic E-state index is 13.4. The van der Waals surface area contributed by atoms with Crippen molar-refractivity contribution in [1.82, 2.24) is 9.97 Å². The second-order valence-electron chi connectivity index (χ2n) is 7.32. The number of nitrogens with zero attached hydrogens (tertiary/aromatic N) is 2. The molecule has 8 nitrogen and oxygen atoms in total. The molecule has 34 heavy (non-hydrogen) atoms. The number of amides is 2. The third-order valence-electron chi connectivity index (χ3n) is 4.94. The SMILES string of the molecule is COCc1nc(OC)c2c(C)c(C(=O)Nc3cccc(C(=O)Nc4cccc(F)c4)c3)sc2n1. The Morgan fingerprint density at radius 3 is 2.41 bits per heavy atom. The van der Waals surface area contributed by atoms with Crippen molar-refractivity contribution >= 4 is 44.7 Å². The van der Waals surface area contributed by atoms with Crippen molar-refractivity contribution < 1.29 is 23.5 Å². The number of methoxy groups -OCH3 is 2. The van der Waals surface area contributed by atoms with Crippen LogP contribution in [0.5, 0.6) is 5.88 Å². The molecule has 10 heteroatoms. The number of halogens is 1. The van der Waals surface area contributed by atoms with E-state index in [0.29, 0.717) is 49.3 Å². The van der Waals surface area contributed by atoms with Gasteiger partial charge in [0.25, 0.3) is 11.8 Å². The van der Waals surface area contributed by atoms with E-state index in [2.05, 4.69) is 20.6 Å². The third-order valence-corrected chi connectivity index (χ3v) is 6.13. The summed E-state index contributed by atoms with van der Waals surface area (Å²) in [5.74, 6) is -0.393. The summed E-state index contributed by atoms with van der Waals surface area (Å²) in [5.41, 5.74) is 1.78. The Bertz CT molecular complexity index is 1390. The number of aromatic nitrogens is 2. The number of carbonyl (C=O) groups is 2. The zero-order valence-corrected chi connectivity index (χ0v) is 19.5. The summed E-state index contributed by atoms with van der Waals surface area (Å²) in [6, 6.07) is 12.1. The van der Waals surface area contributed by atoms with E-state index in [4.69, 9.17) is 9.47 Å². The van der Waals surface area contributed by atoms with Gasteiger partial charge in [0, 0.05) is 24.0 Å². The van der Waals surface area contributed by atoms with Gasteiger partial charge in [-0.3, -0.25) is 9.59 Å². The van der Waals surface area contributed by atoms with Crippen molar-refractivity contribution in [2.24, 2.45) is 0 Å². The lowest BCUT2D eigenvalue weighted by molar-refractivity contribution is 0.101. The van der Waals surface area contributed by atoms with Gasteiger partial charge in [-0.05, 0) is 48.9 Å². The Labute approximate surface area is 198 Å². The molecule has 0 aliphatic rings. The number of hydrogen-bond donors (Lipinski definition) is 2. The number of hydrogen-bond acceptors (Lipinski definition) is 7. The van der Waals surface area contributed by atoms with Crippen LogP contribution >= 0.6 is 11.3 Å². The minimum atomic E-state index is -0.451. The highest BCUT2D eigenvalue weighted by molar-refractivity contribution is 7.20. The van der Waals surface area contributed by atoms with Crippen LogP contribution in [0.15, 0.2) is 48.5 Å². The molecule has 4 rings (SSSR count). The van der Waals surface area contributed by atoms with Crippen LogP contribution in [-0.4, -0.2) is 36.0 Å². The van der Waals surface area contributed by atoms with Crippen LogP contribution in [0.1, 0.15) is 31.4 Å². The Morgan fingerprint density at radius 1 is 1.00 bits per heavy atom. The molecule has 0 fully saturated rings. The van der Waals surface area contributed by atoms with Gasteiger partial charge >= 0.3 is 0 Å². The summed E-state index contributed by atoms with van der Waals surface area (Å²) in [6.07, 6.45) is 0. The van der Waals surface area contributed by atoms with Crippen molar-refractivity contribution in [3.8, 4) is 5.88 Å². The zero-order chi connectivity index (χ0) is 24.2. The van der Waals surface area contributed by atoms with Crippen LogP contribution in [0, 0.1) is 12.7 Å². The first-order valence-corrected chi connectivity index (χ1v) is 11.0. The molecule has 0 atom stereocenters. The molecule has 0 aliphatic carbocycles. The van der Waals surface area contributed by atoms with Gasteiger partial charge in [-0.2, -0.15) is 4.98 Å². The molecule has 0 saturated carbocycles. The normalized spacial score (nSPS) is 10.8. The topological polar surface area (TPSA) is 102 Å². The van der Waals surface area contributed by atoms with Gasteiger partial charge in [0.15, 0.2) is 5.82 Å². The molecule has 2 amide bonds. The van der Waals surface area contributed by atoms with Gasteiger partial charge in [-0.1, -0.05) is 12.1 Å². The number of carbonyl (C=O) groups excluding carboxylic acids is 2. The highest BCUT2D eigenvalue weighted by atomic mass is 32.1. The minimum absolute atomic E-state index is 0.218. The van der Waals surface area contributed by atoms with Crippen LogP contribution in [-0.2, 0) is 11.3 Å². The molecule has 0 saturated heterocycles. The van der Waals surface area contributed by atoms with Crippen molar-refractivity contribution in [1.29, 1.82) is 0 Å². The molecule has 2 aromatic carbocycles. The fourth-order valence-electron chi connectivity index (χ4n) is 3.40. The van der Waals surface area contributed by atoms with E-state index in [9.17, 15) is 14.0 Å². The predicted octanol–water partition coefficient (Wildman–Crippen LogP) is 4.80. The predicted molar refractivity (Wildman–Crippen MR) is 128 cm³/mol. The van der Waals surface area contributed by atoms with Crippen LogP contribution in [0.3, 0.4) is 0 Å². The molecule has 4 aromatic rings. The van der Waals surface area contributed by atoms with Crippen LogP contribution in [0.4, 0.5) is 15.8 Å². The van der Waals surface area contributed by atoms with E-state index >= 15 is 0 Å². The number of benzene rings is 2. The van der Waals surface area contributed by atoms with E-state index in [0.717, 1.165) is 0 Å². The summed E-state index contributed by atoms with van der Waals surface area (Å²) in [4.78, 5) is 35.5. The first kappa shape index (κ1) is 23.3. The molecule has 174 valence electrons. The average Bonchev–Trinajstić information content (AvgIpc) is 3.15. The largest absolute Gasteiger partial charge is 0.480 e. The molecule has 0 aliphatic heterocycles. The van der Waals surface area contributed by atoms with Gasteiger partial charge < -0.3 is 20.1 Å². The Morgan fingerprint density at radius 2 is 1.71 bits per heavy atom. The van der Waals surface area contributed by atoms with Gasteiger partial charge in [0.05, 0.1) is 17.4 Å². The second-order valence-corrected chi connectivity index (χ2v) is 8.32. The lowest BCUT2D eigenvalue weighted by Crippen LogP contribution is -2.14. The van der Waals surface area contributed by atoms with E-state index in [1.165, 1.54) is 36.6 Å². The highest BCUT2D eigenvalue weighted by Gasteiger charge is 2.21. The average molecular weight is 481 g/mol. The molecule has 2 heterocycles. The first-order chi connectivity index (χ1) is 16.4. The van der Waals surface area contributed by atoms with Gasteiger partial charge in [-0.15, -0.1) is 11.3 Å². The summed E-state index contributed by atoms with van der Waals surface area (Å²) in [7, 11) is 3.06. The third kappa shape index (κ3) is 4.87. The summed E-state index contributed by atoms with van der Waals surface area (Å²) < 4.78 is 23.9. The van der Waals surface area contributed by atoms with E-state index < -0.39 is 11.7 Å². The van der Waals surface area contributed by atoms with Gasteiger partial charge in [0.1, 0.15) is 17.3 Å². The molecule has 0 spiro atoms. The number of aryl methyl sites for hydroxylation is 1. The number of nitrogens with one attached hydrogen (secondary N) is 2. The summed E-state index contributed by atoms with van der Waals surface area (Å²) in [5, 5.41) is 6.13. The fourth-order valence-corrected chi connectivity index (χ4v) is 4.48. The van der Waals surface area contributed by atoms with Gasteiger partial charge in [-0.25, -0.2) is 9.37 Å². The molecule has 2 N–H and O–H groups in total. The standard InChI is InChI=1S/C24H21FN4O4S/c1-13-19-23(33-3)28-18(12-32-2)29-24(19)34-20(13)22(31)27-16-8-4-6-14(10-16)21(30)26-17-9-5-7-15(25)11-17/h4-11H,12H2,1-3H3,(H,26,30)(H,27,31). The van der Waals surface area contributed by atoms with Crippen molar-refractivity contribution in [3.63, 3.8) is 0 Å². The van der Waals surface area contributed by atoms with Crippen molar-refractivity contribution in [2.45, 2.75) is 13.5 Å². The monoisotopic (exact) mass is 480 g/mol. The number of anilines is 2. The molecule has 0 radical (unpaired) electrons. The minimum Gasteiger partial charge on any atom is -0.480 e. The fraction of sp³-hybridized carbons (Fsp3) is 0.167. The molecular formula is C24H21FN4O4S. The summed E-state index contributed by atoms with van der Waals surface area (Å²) >= 11 is 1.22. The molecule has 0 unspecified atom stereocenters. The highest BCUT2D eigenvalue weighted by Crippen LogP contribution is 2.35. The Balaban J connectivity index is 1.57. The molecule has 2 aromatic heterocycles. The zero-order valence-electron chi connectivity index (χ0n) is 18.6. The van der Waals surface area contributed by atoms with Crippen LogP contribution in [0.25, 0.3) is 10.2 Å². The smallest absolute Gasteiger partial charge is 0.266 e. The number of fused-ring (bicyclic) bond motifs is 1. The molecule has 0 bridgehead atoms. The molecular weight excluding hydrogens is 459 g/mol. The van der Waals surface area contributed by atoms with Crippen LogP contribution in [0.2, 0.25) is 0 Å². The Kier molecular flexibility index (Phi) is 6.80. The van der Waals surface area contributed by atoms with E-state index in [1.54, 1.807) is 44.4 Å². The van der Waals surface area contributed by atoms with Crippen molar-refractivity contribution in [2.75, 3.05) is 24.9 Å². The Hall–Kier alpha value is -3.89. The number of thiophene rings is 1. The van der Waals surface area contributed by atoms with Crippen LogP contribution < -0.4 is 15.4 Å². The maximum atomic E-state index is 13.4. The lowest BCUT2D eigenvalue weighted by Gasteiger charge is -2.08. The van der Waals surface area contributed by atoms with Crippen molar-refractivity contribution in [3.05, 3.63) is 76.2 Å². The van der Waals surface area contributed by atoms with E-state index in [-0.39, 0.29) is 12.5 Å². The quantitative estimate of drug-likeness (QED) is 0.394. The van der Waals surface area contributed by atoms with Gasteiger partial charge in [0.2, 0.25) is 5.88 Å². The maximum Gasteiger partial charge on any atom is 0.266 e. The number of rotatable bonds is 7. The lowest BCUT2D eigenvalue weighted by atomic mass is 10.1. The summed E-state index contributed by atoms with van der Waals surface area (Å²) in [6.45, 7) is 2.02. The second kappa shape index (κ2) is 9.94. The number of ether oxygens (including phenoxy) is 2. The first-order valence-electron chi connectivity index (χ1n) is 10.2. The van der Waals surface area contributed by atoms with E-state index in [1.807, 2.05) is 0 Å².